The van der Waals surface area contributed by atoms with E-state index in [2.05, 4.69) is 10.3 Å². The molecular formula is C12H14ClN3O2. The van der Waals surface area contributed by atoms with Gasteiger partial charge < -0.3 is 10.4 Å². The molecule has 0 radical (unpaired) electrons. The predicted octanol–water partition coefficient (Wildman–Crippen LogP) is 2.52. The zero-order chi connectivity index (χ0) is 13.7. The number of rotatable bonds is 5. The summed E-state index contributed by atoms with van der Waals surface area (Å²) < 4.78 is 0. The van der Waals surface area contributed by atoms with Gasteiger partial charge in [-0.1, -0.05) is 25.4 Å². The number of carbonyl (C=O) groups is 1. The highest BCUT2D eigenvalue weighted by Gasteiger charge is 2.19. The van der Waals surface area contributed by atoms with Crippen molar-refractivity contribution in [2.24, 2.45) is 5.92 Å². The Morgan fingerprint density at radius 3 is 2.78 bits per heavy atom. The zero-order valence-corrected chi connectivity index (χ0v) is 10.9. The second-order valence-electron chi connectivity index (χ2n) is 4.30. The second-order valence-corrected chi connectivity index (χ2v) is 4.71. The molecule has 2 N–H and O–H groups in total. The number of nitrogens with zero attached hydrogens (tertiary/aromatic N) is 2. The third kappa shape index (κ3) is 3.90. The summed E-state index contributed by atoms with van der Waals surface area (Å²) >= 11 is 5.75. The molecule has 0 amide bonds. The van der Waals surface area contributed by atoms with Crippen molar-refractivity contribution in [1.82, 2.24) is 4.98 Å². The van der Waals surface area contributed by atoms with Gasteiger partial charge >= 0.3 is 5.97 Å². The number of aliphatic carboxylic acids is 1. The molecule has 1 aromatic heterocycles. The molecule has 0 saturated carbocycles. The van der Waals surface area contributed by atoms with E-state index in [1.54, 1.807) is 6.07 Å². The minimum absolute atomic E-state index is 0.0790. The standard InChI is InChI=1S/C12H14ClN3O2/c1-7(2)5-9(12(17)18)15-11-4-3-8(13)10(6-14)16-11/h3-4,7,9H,5H2,1-2H3,(H,15,16)(H,17,18)/t9-/m0/s1. The van der Waals surface area contributed by atoms with Crippen LogP contribution >= 0.6 is 11.6 Å². The summed E-state index contributed by atoms with van der Waals surface area (Å²) in [6.07, 6.45) is 0.474. The molecule has 0 aromatic carbocycles. The van der Waals surface area contributed by atoms with Gasteiger partial charge in [0.15, 0.2) is 5.69 Å². The van der Waals surface area contributed by atoms with E-state index in [4.69, 9.17) is 22.0 Å². The number of hydrogen-bond acceptors (Lipinski definition) is 4. The number of anilines is 1. The van der Waals surface area contributed by atoms with E-state index in [-0.39, 0.29) is 16.6 Å². The molecule has 0 spiro atoms. The number of halogens is 1. The van der Waals surface area contributed by atoms with E-state index in [0.29, 0.717) is 12.2 Å². The molecule has 1 atom stereocenters. The lowest BCUT2D eigenvalue weighted by Gasteiger charge is -2.17. The lowest BCUT2D eigenvalue weighted by atomic mass is 10.0. The molecule has 96 valence electrons. The summed E-state index contributed by atoms with van der Waals surface area (Å²) in [6, 6.07) is 4.19. The van der Waals surface area contributed by atoms with Crippen LogP contribution in [0.1, 0.15) is 26.0 Å². The Morgan fingerprint density at radius 2 is 2.28 bits per heavy atom. The van der Waals surface area contributed by atoms with Crippen LogP contribution in [0.2, 0.25) is 5.02 Å². The Kier molecular flexibility index (Phi) is 4.93. The lowest BCUT2D eigenvalue weighted by molar-refractivity contribution is -0.138. The SMILES string of the molecule is CC(C)C[C@H](Nc1ccc(Cl)c(C#N)n1)C(=O)O. The van der Waals surface area contributed by atoms with E-state index in [9.17, 15) is 4.79 Å². The zero-order valence-electron chi connectivity index (χ0n) is 10.1. The van der Waals surface area contributed by atoms with Crippen molar-refractivity contribution in [3.63, 3.8) is 0 Å². The lowest BCUT2D eigenvalue weighted by Crippen LogP contribution is -2.31. The van der Waals surface area contributed by atoms with Gasteiger partial charge in [0.2, 0.25) is 0 Å². The second kappa shape index (κ2) is 6.22. The molecule has 1 aromatic rings. The molecule has 0 fully saturated rings. The van der Waals surface area contributed by atoms with Gasteiger partial charge in [0, 0.05) is 0 Å². The normalized spacial score (nSPS) is 11.9. The number of pyridine rings is 1. The van der Waals surface area contributed by atoms with E-state index < -0.39 is 12.0 Å². The molecule has 0 aliphatic rings. The van der Waals surface area contributed by atoms with Gasteiger partial charge in [-0.05, 0) is 24.5 Å². The average molecular weight is 268 g/mol. The van der Waals surface area contributed by atoms with Crippen molar-refractivity contribution in [1.29, 1.82) is 5.26 Å². The smallest absolute Gasteiger partial charge is 0.326 e. The fourth-order valence-electron chi connectivity index (χ4n) is 1.47. The highest BCUT2D eigenvalue weighted by molar-refractivity contribution is 6.31. The highest BCUT2D eigenvalue weighted by atomic mass is 35.5. The number of hydrogen-bond donors (Lipinski definition) is 2. The first kappa shape index (κ1) is 14.3. The predicted molar refractivity (Wildman–Crippen MR) is 68.5 cm³/mol. The average Bonchev–Trinajstić information content (AvgIpc) is 2.29. The monoisotopic (exact) mass is 267 g/mol. The van der Waals surface area contributed by atoms with Crippen LogP contribution in [0.4, 0.5) is 5.82 Å². The highest BCUT2D eigenvalue weighted by Crippen LogP contribution is 2.17. The van der Waals surface area contributed by atoms with Crippen LogP contribution in [0, 0.1) is 17.2 Å². The first-order valence-corrected chi connectivity index (χ1v) is 5.87. The van der Waals surface area contributed by atoms with E-state index in [1.807, 2.05) is 19.9 Å². The van der Waals surface area contributed by atoms with Crippen LogP contribution in [0.15, 0.2) is 12.1 Å². The summed E-state index contributed by atoms with van der Waals surface area (Å²) in [6.45, 7) is 3.88. The van der Waals surface area contributed by atoms with Crippen LogP contribution in [0.3, 0.4) is 0 Å². The number of nitrogens with one attached hydrogen (secondary N) is 1. The van der Waals surface area contributed by atoms with E-state index in [1.165, 1.54) is 6.07 Å². The van der Waals surface area contributed by atoms with Gasteiger partial charge in [-0.15, -0.1) is 0 Å². The Balaban J connectivity index is 2.88. The van der Waals surface area contributed by atoms with Crippen LogP contribution in [0.25, 0.3) is 0 Å². The molecule has 1 heterocycles. The van der Waals surface area contributed by atoms with Gasteiger partial charge in [0.1, 0.15) is 17.9 Å². The molecule has 0 aliphatic heterocycles. The molecule has 0 bridgehead atoms. The number of nitriles is 1. The molecule has 0 saturated heterocycles. The molecule has 0 aliphatic carbocycles. The Labute approximate surface area is 110 Å². The Hall–Kier alpha value is -1.80. The van der Waals surface area contributed by atoms with Crippen molar-refractivity contribution in [3.8, 4) is 6.07 Å². The Bertz CT molecular complexity index is 483. The van der Waals surface area contributed by atoms with Crippen LogP contribution in [-0.4, -0.2) is 22.1 Å². The topological polar surface area (TPSA) is 86.0 Å². The third-order valence-corrected chi connectivity index (χ3v) is 2.58. The largest absolute Gasteiger partial charge is 0.480 e. The maximum atomic E-state index is 11.1. The summed E-state index contributed by atoms with van der Waals surface area (Å²) in [7, 11) is 0. The maximum absolute atomic E-state index is 11.1. The number of carboxylic acids is 1. The van der Waals surface area contributed by atoms with Crippen LogP contribution < -0.4 is 5.32 Å². The van der Waals surface area contributed by atoms with Gasteiger partial charge in [0.05, 0.1) is 5.02 Å². The van der Waals surface area contributed by atoms with Crippen LogP contribution in [0.5, 0.6) is 0 Å². The maximum Gasteiger partial charge on any atom is 0.326 e. The van der Waals surface area contributed by atoms with Gasteiger partial charge in [-0.3, -0.25) is 0 Å². The summed E-state index contributed by atoms with van der Waals surface area (Å²) in [5.41, 5.74) is 0.0790. The van der Waals surface area contributed by atoms with E-state index >= 15 is 0 Å². The molecular weight excluding hydrogens is 254 g/mol. The van der Waals surface area contributed by atoms with Crippen molar-refractivity contribution < 1.29 is 9.90 Å². The molecule has 5 nitrogen and oxygen atoms in total. The fourth-order valence-corrected chi connectivity index (χ4v) is 1.62. The van der Waals surface area contributed by atoms with Crippen molar-refractivity contribution >= 4 is 23.4 Å². The minimum atomic E-state index is -0.945. The molecule has 18 heavy (non-hydrogen) atoms. The summed E-state index contributed by atoms with van der Waals surface area (Å²) in [5.74, 6) is -0.371. The summed E-state index contributed by atoms with van der Waals surface area (Å²) in [5, 5.41) is 20.9. The van der Waals surface area contributed by atoms with Crippen molar-refractivity contribution in [2.45, 2.75) is 26.3 Å². The van der Waals surface area contributed by atoms with Gasteiger partial charge in [-0.25, -0.2) is 9.78 Å². The van der Waals surface area contributed by atoms with Gasteiger partial charge in [-0.2, -0.15) is 5.26 Å². The third-order valence-electron chi connectivity index (χ3n) is 2.28. The molecule has 0 unspecified atom stereocenters. The number of aromatic nitrogens is 1. The van der Waals surface area contributed by atoms with Crippen molar-refractivity contribution in [2.75, 3.05) is 5.32 Å². The molecule has 6 heteroatoms. The van der Waals surface area contributed by atoms with Crippen LogP contribution in [-0.2, 0) is 4.79 Å². The first-order chi connectivity index (χ1) is 8.43. The van der Waals surface area contributed by atoms with E-state index in [0.717, 1.165) is 0 Å². The van der Waals surface area contributed by atoms with Crippen molar-refractivity contribution in [3.05, 3.63) is 22.8 Å². The molecule has 1 rings (SSSR count). The quantitative estimate of drug-likeness (QED) is 0.856. The minimum Gasteiger partial charge on any atom is -0.480 e. The number of carboxylic acid groups (broad SMARTS) is 1. The Morgan fingerprint density at radius 1 is 1.61 bits per heavy atom. The van der Waals surface area contributed by atoms with Gasteiger partial charge in [0.25, 0.3) is 0 Å². The summed E-state index contributed by atoms with van der Waals surface area (Å²) in [4.78, 5) is 15.0. The first-order valence-electron chi connectivity index (χ1n) is 5.50. The fraction of sp³-hybridized carbons (Fsp3) is 0.417.